The molecule has 1 atom stereocenters. The van der Waals surface area contributed by atoms with Crippen LogP contribution in [0.3, 0.4) is 0 Å². The highest BCUT2D eigenvalue weighted by atomic mass is 32.2. The minimum atomic E-state index is -3.65. The van der Waals surface area contributed by atoms with Crippen LogP contribution < -0.4 is 10.1 Å². The maximum Gasteiger partial charge on any atom is 0.309 e. The summed E-state index contributed by atoms with van der Waals surface area (Å²) < 4.78 is 37.7. The Morgan fingerprint density at radius 1 is 1.14 bits per heavy atom. The van der Waals surface area contributed by atoms with Gasteiger partial charge in [-0.1, -0.05) is 0 Å². The first-order valence-electron chi connectivity index (χ1n) is 9.89. The van der Waals surface area contributed by atoms with Crippen LogP contribution in [0, 0.1) is 5.92 Å². The number of ether oxygens (including phenoxy) is 2. The lowest BCUT2D eigenvalue weighted by molar-refractivity contribution is -0.149. The molecule has 1 amide bonds. The highest BCUT2D eigenvalue weighted by Crippen LogP contribution is 2.26. The van der Waals surface area contributed by atoms with Crippen molar-refractivity contribution < 1.29 is 27.5 Å². The van der Waals surface area contributed by atoms with Crippen LogP contribution in [0.2, 0.25) is 0 Å². The summed E-state index contributed by atoms with van der Waals surface area (Å²) in [4.78, 5) is 23.9. The Balaban J connectivity index is 1.98. The zero-order chi connectivity index (χ0) is 21.6. The zero-order valence-corrected chi connectivity index (χ0v) is 18.2. The summed E-state index contributed by atoms with van der Waals surface area (Å²) in [6.07, 6.45) is 0.200. The number of esters is 1. The van der Waals surface area contributed by atoms with Crippen LogP contribution in [0.5, 0.6) is 5.75 Å². The Labute approximate surface area is 172 Å². The quantitative estimate of drug-likeness (QED) is 0.638. The Kier molecular flexibility index (Phi) is 8.04. The zero-order valence-electron chi connectivity index (χ0n) is 17.4. The van der Waals surface area contributed by atoms with Gasteiger partial charge in [0.15, 0.2) is 6.10 Å². The summed E-state index contributed by atoms with van der Waals surface area (Å²) in [6, 6.07) is 6.02. The van der Waals surface area contributed by atoms with Gasteiger partial charge in [0.05, 0.1) is 17.4 Å². The molecular formula is C20H30N2O6S. The SMILES string of the molecule is CCOC(=O)C1CCN(S(=O)(=O)c2ccc(O[C@H](C)C(=O)NC(C)C)cc2)CC1. The van der Waals surface area contributed by atoms with E-state index in [0.29, 0.717) is 25.2 Å². The van der Waals surface area contributed by atoms with Gasteiger partial charge >= 0.3 is 5.97 Å². The summed E-state index contributed by atoms with van der Waals surface area (Å²) >= 11 is 0. The molecule has 29 heavy (non-hydrogen) atoms. The largest absolute Gasteiger partial charge is 0.481 e. The lowest BCUT2D eigenvalue weighted by atomic mass is 9.98. The third-order valence-electron chi connectivity index (χ3n) is 4.65. The van der Waals surface area contributed by atoms with Crippen molar-refractivity contribution in [3.05, 3.63) is 24.3 Å². The summed E-state index contributed by atoms with van der Waals surface area (Å²) in [5, 5.41) is 2.76. The van der Waals surface area contributed by atoms with E-state index in [1.165, 1.54) is 28.6 Å². The summed E-state index contributed by atoms with van der Waals surface area (Å²) in [6.45, 7) is 7.98. The van der Waals surface area contributed by atoms with Crippen molar-refractivity contribution in [1.82, 2.24) is 9.62 Å². The predicted molar refractivity (Wildman–Crippen MR) is 108 cm³/mol. The van der Waals surface area contributed by atoms with Gasteiger partial charge in [0.1, 0.15) is 5.75 Å². The summed E-state index contributed by atoms with van der Waals surface area (Å²) in [5.74, 6) is -0.338. The average molecular weight is 427 g/mol. The van der Waals surface area contributed by atoms with Crippen molar-refractivity contribution in [2.75, 3.05) is 19.7 Å². The van der Waals surface area contributed by atoms with E-state index in [0.717, 1.165) is 0 Å². The van der Waals surface area contributed by atoms with Crippen molar-refractivity contribution in [2.45, 2.75) is 57.6 Å². The molecule has 1 N–H and O–H groups in total. The molecule has 2 rings (SSSR count). The molecule has 1 aromatic rings. The maximum absolute atomic E-state index is 12.9. The van der Waals surface area contributed by atoms with E-state index in [9.17, 15) is 18.0 Å². The van der Waals surface area contributed by atoms with Crippen LogP contribution in [0.25, 0.3) is 0 Å². The minimum absolute atomic E-state index is 0.00837. The average Bonchev–Trinajstić information content (AvgIpc) is 2.68. The first-order chi connectivity index (χ1) is 13.6. The van der Waals surface area contributed by atoms with Crippen molar-refractivity contribution >= 4 is 21.9 Å². The molecule has 1 aliphatic heterocycles. The van der Waals surface area contributed by atoms with E-state index in [-0.39, 0.29) is 41.8 Å². The van der Waals surface area contributed by atoms with Gasteiger partial charge in [0.2, 0.25) is 10.0 Å². The molecule has 0 spiro atoms. The van der Waals surface area contributed by atoms with Gasteiger partial charge in [0, 0.05) is 19.1 Å². The number of carbonyl (C=O) groups excluding carboxylic acids is 2. The van der Waals surface area contributed by atoms with Gasteiger partial charge in [0.25, 0.3) is 5.91 Å². The highest BCUT2D eigenvalue weighted by molar-refractivity contribution is 7.89. The number of nitrogens with one attached hydrogen (secondary N) is 1. The molecule has 1 fully saturated rings. The van der Waals surface area contributed by atoms with Crippen molar-refractivity contribution in [1.29, 1.82) is 0 Å². The van der Waals surface area contributed by atoms with Gasteiger partial charge in [-0.2, -0.15) is 4.31 Å². The molecule has 1 aromatic carbocycles. The number of nitrogens with zero attached hydrogens (tertiary/aromatic N) is 1. The van der Waals surface area contributed by atoms with Crippen molar-refractivity contribution in [3.8, 4) is 5.75 Å². The van der Waals surface area contributed by atoms with E-state index in [1.54, 1.807) is 13.8 Å². The molecule has 1 heterocycles. The lowest BCUT2D eigenvalue weighted by Gasteiger charge is -2.30. The molecule has 9 heteroatoms. The maximum atomic E-state index is 12.9. The van der Waals surface area contributed by atoms with Gasteiger partial charge in [-0.3, -0.25) is 9.59 Å². The summed E-state index contributed by atoms with van der Waals surface area (Å²) in [7, 11) is -3.65. The first kappa shape index (κ1) is 23.2. The third-order valence-corrected chi connectivity index (χ3v) is 6.56. The monoisotopic (exact) mass is 426 g/mol. The predicted octanol–water partition coefficient (Wildman–Crippen LogP) is 1.94. The standard InChI is InChI=1S/C20H30N2O6S/c1-5-27-20(24)16-10-12-22(13-11-16)29(25,26)18-8-6-17(7-9-18)28-15(4)19(23)21-14(2)3/h6-9,14-16H,5,10-13H2,1-4H3,(H,21,23)/t15-/m1/s1. The van der Waals surface area contributed by atoms with Crippen LogP contribution >= 0.6 is 0 Å². The molecule has 0 aromatic heterocycles. The number of piperidine rings is 1. The van der Waals surface area contributed by atoms with Gasteiger partial charge in [-0.15, -0.1) is 0 Å². The number of rotatable bonds is 8. The van der Waals surface area contributed by atoms with E-state index in [4.69, 9.17) is 9.47 Å². The first-order valence-corrected chi connectivity index (χ1v) is 11.3. The molecule has 1 saturated heterocycles. The minimum Gasteiger partial charge on any atom is -0.481 e. The fourth-order valence-corrected chi connectivity index (χ4v) is 4.56. The fourth-order valence-electron chi connectivity index (χ4n) is 3.09. The number of carbonyl (C=O) groups is 2. The topological polar surface area (TPSA) is 102 Å². The molecule has 0 saturated carbocycles. The van der Waals surface area contributed by atoms with Gasteiger partial charge in [-0.25, -0.2) is 8.42 Å². The normalized spacial score (nSPS) is 17.0. The number of benzene rings is 1. The number of amides is 1. The third kappa shape index (κ3) is 6.17. The molecule has 162 valence electrons. The molecule has 0 radical (unpaired) electrons. The molecule has 1 aliphatic rings. The van der Waals surface area contributed by atoms with E-state index >= 15 is 0 Å². The van der Waals surface area contributed by atoms with Crippen LogP contribution in [0.15, 0.2) is 29.2 Å². The Morgan fingerprint density at radius 2 is 1.72 bits per heavy atom. The number of sulfonamides is 1. The molecule has 8 nitrogen and oxygen atoms in total. The van der Waals surface area contributed by atoms with Crippen molar-refractivity contribution in [3.63, 3.8) is 0 Å². The van der Waals surface area contributed by atoms with E-state index in [2.05, 4.69) is 5.32 Å². The molecule has 0 bridgehead atoms. The fraction of sp³-hybridized carbons (Fsp3) is 0.600. The Hall–Kier alpha value is -2.13. The summed E-state index contributed by atoms with van der Waals surface area (Å²) in [5.41, 5.74) is 0. The smallest absolute Gasteiger partial charge is 0.309 e. The van der Waals surface area contributed by atoms with Crippen molar-refractivity contribution in [2.24, 2.45) is 5.92 Å². The second-order valence-corrected chi connectivity index (χ2v) is 9.26. The van der Waals surface area contributed by atoms with E-state index in [1.807, 2.05) is 13.8 Å². The van der Waals surface area contributed by atoms with Gasteiger partial charge in [-0.05, 0) is 64.8 Å². The Morgan fingerprint density at radius 3 is 2.24 bits per heavy atom. The van der Waals surface area contributed by atoms with Crippen LogP contribution in [0.4, 0.5) is 0 Å². The lowest BCUT2D eigenvalue weighted by Crippen LogP contribution is -2.40. The second kappa shape index (κ2) is 10.1. The van der Waals surface area contributed by atoms with Crippen LogP contribution in [-0.4, -0.2) is 56.4 Å². The number of hydrogen-bond acceptors (Lipinski definition) is 6. The van der Waals surface area contributed by atoms with Gasteiger partial charge < -0.3 is 14.8 Å². The highest BCUT2D eigenvalue weighted by Gasteiger charge is 2.32. The molecule has 0 aliphatic carbocycles. The van der Waals surface area contributed by atoms with E-state index < -0.39 is 16.1 Å². The van der Waals surface area contributed by atoms with Crippen LogP contribution in [-0.2, 0) is 24.3 Å². The van der Waals surface area contributed by atoms with Crippen LogP contribution in [0.1, 0.15) is 40.5 Å². The molecular weight excluding hydrogens is 396 g/mol. The molecule has 0 unspecified atom stereocenters. The Bertz CT molecular complexity index is 799. The second-order valence-electron chi connectivity index (χ2n) is 7.33. The number of hydrogen-bond donors (Lipinski definition) is 1.